The molecule has 0 aromatic heterocycles. The van der Waals surface area contributed by atoms with Crippen LogP contribution in [0.4, 0.5) is 13.2 Å². The summed E-state index contributed by atoms with van der Waals surface area (Å²) in [5, 5.41) is 27.5. The van der Waals surface area contributed by atoms with Gasteiger partial charge in [-0.15, -0.1) is 0 Å². The SMILES string of the molecule is C[C@](N)(Cc1cc(O)c(C(F)(F)F)cc1O)C(=O)O. The second kappa shape index (κ2) is 4.61. The molecule has 1 aromatic carbocycles. The van der Waals surface area contributed by atoms with E-state index in [4.69, 9.17) is 10.8 Å². The van der Waals surface area contributed by atoms with Crippen molar-refractivity contribution < 1.29 is 33.3 Å². The van der Waals surface area contributed by atoms with Gasteiger partial charge < -0.3 is 21.1 Å². The number of hydrogen-bond acceptors (Lipinski definition) is 4. The van der Waals surface area contributed by atoms with Crippen LogP contribution in [-0.2, 0) is 17.4 Å². The number of benzene rings is 1. The Balaban J connectivity index is 3.21. The average Bonchev–Trinajstić information content (AvgIpc) is 2.20. The van der Waals surface area contributed by atoms with Crippen molar-refractivity contribution in [1.82, 2.24) is 0 Å². The fraction of sp³-hybridized carbons (Fsp3) is 0.364. The molecule has 0 amide bonds. The molecule has 1 atom stereocenters. The predicted molar refractivity (Wildman–Crippen MR) is 58.7 cm³/mol. The van der Waals surface area contributed by atoms with Crippen molar-refractivity contribution in [2.75, 3.05) is 0 Å². The number of carbonyl (C=O) groups is 1. The number of halogens is 3. The van der Waals surface area contributed by atoms with E-state index in [-0.39, 0.29) is 5.56 Å². The van der Waals surface area contributed by atoms with Gasteiger partial charge in [0.25, 0.3) is 0 Å². The third-order valence-corrected chi connectivity index (χ3v) is 2.55. The standard InChI is InChI=1S/C11H12F3NO4/c1-10(15,9(18)19)4-5-2-8(17)6(3-7(5)16)11(12,13)14/h2-3,16-17H,4,15H2,1H3,(H,18,19)/t10-/m0/s1. The first-order valence-corrected chi connectivity index (χ1v) is 5.09. The summed E-state index contributed by atoms with van der Waals surface area (Å²) in [7, 11) is 0. The van der Waals surface area contributed by atoms with Crippen molar-refractivity contribution in [3.05, 3.63) is 23.3 Å². The number of nitrogens with two attached hydrogens (primary N) is 1. The zero-order chi connectivity index (χ0) is 15.0. The molecule has 1 rings (SSSR count). The Kier molecular flexibility index (Phi) is 3.67. The quantitative estimate of drug-likeness (QED) is 0.627. The van der Waals surface area contributed by atoms with Crippen LogP contribution in [0.1, 0.15) is 18.1 Å². The first-order valence-electron chi connectivity index (χ1n) is 5.09. The molecule has 1 aromatic rings. The minimum atomic E-state index is -4.82. The second-order valence-corrected chi connectivity index (χ2v) is 4.40. The van der Waals surface area contributed by atoms with Gasteiger partial charge in [0.1, 0.15) is 22.6 Å². The predicted octanol–water partition coefficient (Wildman–Crippen LogP) is 1.46. The summed E-state index contributed by atoms with van der Waals surface area (Å²) in [4.78, 5) is 10.8. The maximum Gasteiger partial charge on any atom is 0.420 e. The minimum Gasteiger partial charge on any atom is -0.508 e. The smallest absolute Gasteiger partial charge is 0.420 e. The molecule has 0 radical (unpaired) electrons. The number of rotatable bonds is 3. The van der Waals surface area contributed by atoms with Gasteiger partial charge in [-0.05, 0) is 24.6 Å². The van der Waals surface area contributed by atoms with Gasteiger partial charge in [0.2, 0.25) is 0 Å². The Morgan fingerprint density at radius 2 is 1.79 bits per heavy atom. The number of carboxylic acids is 1. The molecule has 0 bridgehead atoms. The van der Waals surface area contributed by atoms with Crippen LogP contribution in [-0.4, -0.2) is 26.8 Å². The molecule has 0 aliphatic rings. The van der Waals surface area contributed by atoms with Crippen molar-refractivity contribution in [3.63, 3.8) is 0 Å². The third-order valence-electron chi connectivity index (χ3n) is 2.55. The fourth-order valence-electron chi connectivity index (χ4n) is 1.46. The van der Waals surface area contributed by atoms with Gasteiger partial charge >= 0.3 is 12.1 Å². The van der Waals surface area contributed by atoms with Gasteiger partial charge in [-0.2, -0.15) is 13.2 Å². The molecule has 5 nitrogen and oxygen atoms in total. The van der Waals surface area contributed by atoms with Gasteiger partial charge in [-0.25, -0.2) is 0 Å². The van der Waals surface area contributed by atoms with E-state index >= 15 is 0 Å². The van der Waals surface area contributed by atoms with Gasteiger partial charge in [-0.1, -0.05) is 0 Å². The Hall–Kier alpha value is -1.96. The van der Waals surface area contributed by atoms with Gasteiger partial charge in [0, 0.05) is 6.42 Å². The largest absolute Gasteiger partial charge is 0.508 e. The van der Waals surface area contributed by atoms with Crippen LogP contribution in [0.15, 0.2) is 12.1 Å². The number of phenolic OH excluding ortho intramolecular Hbond substituents is 2. The zero-order valence-corrected chi connectivity index (χ0v) is 9.82. The molecule has 0 fully saturated rings. The molecule has 0 spiro atoms. The normalized spacial score (nSPS) is 15.0. The molecular formula is C11H12F3NO4. The van der Waals surface area contributed by atoms with Crippen LogP contribution in [0.25, 0.3) is 0 Å². The number of phenols is 2. The molecule has 0 saturated heterocycles. The van der Waals surface area contributed by atoms with E-state index in [2.05, 4.69) is 0 Å². The van der Waals surface area contributed by atoms with Crippen molar-refractivity contribution >= 4 is 5.97 Å². The monoisotopic (exact) mass is 279 g/mol. The van der Waals surface area contributed by atoms with Crippen molar-refractivity contribution in [1.29, 1.82) is 0 Å². The molecule has 0 saturated carbocycles. The Bertz CT molecular complexity index is 511. The number of alkyl halides is 3. The Morgan fingerprint density at radius 3 is 2.21 bits per heavy atom. The first-order chi connectivity index (χ1) is 8.45. The van der Waals surface area contributed by atoms with Gasteiger partial charge in [0.05, 0.1) is 0 Å². The second-order valence-electron chi connectivity index (χ2n) is 4.40. The lowest BCUT2D eigenvalue weighted by atomic mass is 9.92. The molecular weight excluding hydrogens is 267 g/mol. The van der Waals surface area contributed by atoms with Crippen molar-refractivity contribution in [2.45, 2.75) is 25.1 Å². The number of aliphatic carboxylic acids is 1. The average molecular weight is 279 g/mol. The summed E-state index contributed by atoms with van der Waals surface area (Å²) < 4.78 is 37.3. The molecule has 0 heterocycles. The lowest BCUT2D eigenvalue weighted by Gasteiger charge is -2.20. The summed E-state index contributed by atoms with van der Waals surface area (Å²) in [5.41, 5.74) is 2.06. The highest BCUT2D eigenvalue weighted by molar-refractivity contribution is 5.78. The third kappa shape index (κ3) is 3.28. The molecule has 19 heavy (non-hydrogen) atoms. The molecule has 0 unspecified atom stereocenters. The molecule has 5 N–H and O–H groups in total. The van der Waals surface area contributed by atoms with Crippen molar-refractivity contribution in [2.24, 2.45) is 5.73 Å². The van der Waals surface area contributed by atoms with E-state index < -0.39 is 41.2 Å². The maximum absolute atomic E-state index is 12.4. The number of hydrogen-bond donors (Lipinski definition) is 4. The highest BCUT2D eigenvalue weighted by Crippen LogP contribution is 2.39. The summed E-state index contributed by atoms with van der Waals surface area (Å²) in [6.45, 7) is 1.14. The van der Waals surface area contributed by atoms with Crippen LogP contribution in [0, 0.1) is 0 Å². The minimum absolute atomic E-state index is 0.182. The topological polar surface area (TPSA) is 104 Å². The lowest BCUT2D eigenvalue weighted by molar-refractivity contribution is -0.142. The number of carboxylic acid groups (broad SMARTS) is 1. The number of aromatic hydroxyl groups is 2. The summed E-state index contributed by atoms with van der Waals surface area (Å²) in [5.74, 6) is -3.25. The molecule has 8 heteroatoms. The van der Waals surface area contributed by atoms with E-state index in [1.54, 1.807) is 0 Å². The van der Waals surface area contributed by atoms with E-state index in [1.165, 1.54) is 0 Å². The van der Waals surface area contributed by atoms with Crippen LogP contribution in [0.2, 0.25) is 0 Å². The zero-order valence-electron chi connectivity index (χ0n) is 9.82. The van der Waals surface area contributed by atoms with Crippen LogP contribution < -0.4 is 5.73 Å². The molecule has 0 aliphatic heterocycles. The molecule has 0 aliphatic carbocycles. The molecule has 106 valence electrons. The maximum atomic E-state index is 12.4. The van der Waals surface area contributed by atoms with Crippen LogP contribution in [0.5, 0.6) is 11.5 Å². The summed E-state index contributed by atoms with van der Waals surface area (Å²) in [6, 6.07) is 0.995. The van der Waals surface area contributed by atoms with Gasteiger partial charge in [-0.3, -0.25) is 4.79 Å². The fourth-order valence-corrected chi connectivity index (χ4v) is 1.46. The van der Waals surface area contributed by atoms with E-state index in [0.29, 0.717) is 12.1 Å². The lowest BCUT2D eigenvalue weighted by Crippen LogP contribution is -2.46. The summed E-state index contributed by atoms with van der Waals surface area (Å²) in [6.07, 6.45) is -5.25. The highest BCUT2D eigenvalue weighted by Gasteiger charge is 2.36. The van der Waals surface area contributed by atoms with Gasteiger partial charge in [0.15, 0.2) is 0 Å². The van der Waals surface area contributed by atoms with E-state index in [0.717, 1.165) is 6.92 Å². The van der Waals surface area contributed by atoms with Crippen LogP contribution in [0.3, 0.4) is 0 Å². The Morgan fingerprint density at radius 1 is 1.26 bits per heavy atom. The highest BCUT2D eigenvalue weighted by atomic mass is 19.4. The summed E-state index contributed by atoms with van der Waals surface area (Å²) >= 11 is 0. The Labute approximate surface area is 106 Å². The first kappa shape index (κ1) is 15.1. The van der Waals surface area contributed by atoms with Crippen molar-refractivity contribution in [3.8, 4) is 11.5 Å². The van der Waals surface area contributed by atoms with E-state index in [9.17, 15) is 28.2 Å². The van der Waals surface area contributed by atoms with E-state index in [1.807, 2.05) is 0 Å². The van der Waals surface area contributed by atoms with Crippen LogP contribution >= 0.6 is 0 Å².